The third kappa shape index (κ3) is 4.83. The Bertz CT molecular complexity index is 390. The topological polar surface area (TPSA) is 29.3 Å². The summed E-state index contributed by atoms with van der Waals surface area (Å²) in [5, 5.41) is 0. The van der Waals surface area contributed by atoms with Crippen molar-refractivity contribution in [3.63, 3.8) is 0 Å². The summed E-state index contributed by atoms with van der Waals surface area (Å²) in [5.74, 6) is 0.475. The summed E-state index contributed by atoms with van der Waals surface area (Å²) >= 11 is 0. The Morgan fingerprint density at radius 3 is 2.58 bits per heavy atom. The molecule has 1 aromatic rings. The minimum absolute atomic E-state index is 0.0963. The van der Waals surface area contributed by atoms with E-state index in [0.29, 0.717) is 11.6 Å². The van der Waals surface area contributed by atoms with Crippen molar-refractivity contribution < 1.29 is 4.39 Å². The summed E-state index contributed by atoms with van der Waals surface area (Å²) in [5.41, 5.74) is 7.73. The summed E-state index contributed by atoms with van der Waals surface area (Å²) in [6.07, 6.45) is 2.70. The molecule has 0 radical (unpaired) electrons. The highest BCUT2D eigenvalue weighted by Gasteiger charge is 2.15. The Morgan fingerprint density at radius 1 is 1.32 bits per heavy atom. The Hall–Kier alpha value is -1.09. The van der Waals surface area contributed by atoms with Crippen molar-refractivity contribution in [1.82, 2.24) is 0 Å². The Morgan fingerprint density at radius 2 is 2.00 bits per heavy atom. The number of hydrogen-bond acceptors (Lipinski definition) is 2. The summed E-state index contributed by atoms with van der Waals surface area (Å²) in [6.45, 7) is 7.30. The zero-order chi connectivity index (χ0) is 14.4. The molecule has 2 N–H and O–H groups in total. The first-order valence-corrected chi connectivity index (χ1v) is 7.19. The van der Waals surface area contributed by atoms with Crippen molar-refractivity contribution in [1.29, 1.82) is 0 Å². The summed E-state index contributed by atoms with van der Waals surface area (Å²) in [4.78, 5) is 2.02. The summed E-state index contributed by atoms with van der Waals surface area (Å²) in [6, 6.07) is 5.38. The van der Waals surface area contributed by atoms with E-state index in [1.165, 1.54) is 6.07 Å². The van der Waals surface area contributed by atoms with Crippen LogP contribution in [-0.2, 0) is 6.42 Å². The second-order valence-corrected chi connectivity index (χ2v) is 5.72. The Balaban J connectivity index is 2.90. The Kier molecular flexibility index (Phi) is 6.29. The van der Waals surface area contributed by atoms with Crippen molar-refractivity contribution in [2.75, 3.05) is 18.5 Å². The quantitative estimate of drug-likeness (QED) is 0.817. The molecule has 1 unspecified atom stereocenters. The van der Waals surface area contributed by atoms with Gasteiger partial charge in [-0.05, 0) is 36.8 Å². The van der Waals surface area contributed by atoms with Crippen LogP contribution in [0.2, 0.25) is 0 Å². The van der Waals surface area contributed by atoms with Crippen LogP contribution in [0.25, 0.3) is 0 Å². The molecule has 0 amide bonds. The average Bonchev–Trinajstić information content (AvgIpc) is 2.36. The number of benzene rings is 1. The molecule has 0 saturated heterocycles. The van der Waals surface area contributed by atoms with E-state index in [2.05, 4.69) is 20.8 Å². The fourth-order valence-electron chi connectivity index (χ4n) is 2.14. The lowest BCUT2D eigenvalue weighted by atomic mass is 10.0. The van der Waals surface area contributed by atoms with E-state index < -0.39 is 0 Å². The van der Waals surface area contributed by atoms with Gasteiger partial charge < -0.3 is 10.6 Å². The van der Waals surface area contributed by atoms with Crippen LogP contribution >= 0.6 is 0 Å². The fraction of sp³-hybridized carbons (Fsp3) is 0.625. The Labute approximate surface area is 116 Å². The van der Waals surface area contributed by atoms with Crippen LogP contribution < -0.4 is 10.6 Å². The van der Waals surface area contributed by atoms with Crippen LogP contribution in [0.5, 0.6) is 0 Å². The van der Waals surface area contributed by atoms with Crippen LogP contribution in [-0.4, -0.2) is 19.6 Å². The lowest BCUT2D eigenvalue weighted by Crippen LogP contribution is -2.26. The van der Waals surface area contributed by atoms with E-state index in [4.69, 9.17) is 5.73 Å². The van der Waals surface area contributed by atoms with Gasteiger partial charge in [-0.25, -0.2) is 4.39 Å². The standard InChI is InChI=1S/C16H27FN2/c1-5-14(18)11-13-7-6-8-15(17)16(13)19(4)10-9-12(2)3/h6-8,12,14H,5,9-11,18H2,1-4H3. The molecule has 0 heterocycles. The monoisotopic (exact) mass is 266 g/mol. The van der Waals surface area contributed by atoms with Crippen molar-refractivity contribution >= 4 is 5.69 Å². The van der Waals surface area contributed by atoms with Crippen molar-refractivity contribution in [2.45, 2.75) is 46.1 Å². The number of nitrogens with zero attached hydrogens (tertiary/aromatic N) is 1. The van der Waals surface area contributed by atoms with Crippen molar-refractivity contribution in [3.05, 3.63) is 29.6 Å². The smallest absolute Gasteiger partial charge is 0.146 e. The van der Waals surface area contributed by atoms with Gasteiger partial charge in [-0.1, -0.05) is 32.9 Å². The van der Waals surface area contributed by atoms with Gasteiger partial charge in [-0.3, -0.25) is 0 Å². The first-order valence-electron chi connectivity index (χ1n) is 7.19. The molecule has 1 rings (SSSR count). The minimum Gasteiger partial charge on any atom is -0.372 e. The van der Waals surface area contributed by atoms with Crippen LogP contribution in [0.15, 0.2) is 18.2 Å². The average molecular weight is 266 g/mol. The van der Waals surface area contributed by atoms with Crippen LogP contribution in [0.1, 0.15) is 39.2 Å². The highest BCUT2D eigenvalue weighted by Crippen LogP contribution is 2.25. The lowest BCUT2D eigenvalue weighted by Gasteiger charge is -2.25. The highest BCUT2D eigenvalue weighted by atomic mass is 19.1. The van der Waals surface area contributed by atoms with Crippen LogP contribution in [0, 0.1) is 11.7 Å². The van der Waals surface area contributed by atoms with Crippen LogP contribution in [0.3, 0.4) is 0 Å². The molecule has 1 aromatic carbocycles. The first-order chi connectivity index (χ1) is 8.95. The van der Waals surface area contributed by atoms with E-state index in [0.717, 1.165) is 31.4 Å². The molecule has 0 fully saturated rings. The number of nitrogens with two attached hydrogens (primary N) is 1. The fourth-order valence-corrected chi connectivity index (χ4v) is 2.14. The first kappa shape index (κ1) is 16.0. The highest BCUT2D eigenvalue weighted by molar-refractivity contribution is 5.54. The summed E-state index contributed by atoms with van der Waals surface area (Å²) < 4.78 is 14.1. The molecular formula is C16H27FN2. The number of rotatable bonds is 7. The minimum atomic E-state index is -0.146. The molecule has 0 bridgehead atoms. The predicted molar refractivity (Wildman–Crippen MR) is 81.1 cm³/mol. The molecule has 2 nitrogen and oxygen atoms in total. The van der Waals surface area contributed by atoms with E-state index in [9.17, 15) is 4.39 Å². The van der Waals surface area contributed by atoms with E-state index in [1.54, 1.807) is 6.07 Å². The number of para-hydroxylation sites is 1. The van der Waals surface area contributed by atoms with Crippen molar-refractivity contribution in [3.8, 4) is 0 Å². The SMILES string of the molecule is CCC(N)Cc1cccc(F)c1N(C)CCC(C)C. The normalized spacial score (nSPS) is 12.8. The predicted octanol–water partition coefficient (Wildman–Crippen LogP) is 3.59. The molecule has 0 saturated carbocycles. The van der Waals surface area contributed by atoms with E-state index in [1.807, 2.05) is 18.0 Å². The molecule has 19 heavy (non-hydrogen) atoms. The maximum Gasteiger partial charge on any atom is 0.146 e. The van der Waals surface area contributed by atoms with Gasteiger partial charge in [-0.2, -0.15) is 0 Å². The molecule has 3 heteroatoms. The number of halogens is 1. The van der Waals surface area contributed by atoms with Gasteiger partial charge in [0, 0.05) is 19.6 Å². The molecule has 108 valence electrons. The second kappa shape index (κ2) is 7.49. The van der Waals surface area contributed by atoms with Crippen LogP contribution in [0.4, 0.5) is 10.1 Å². The number of anilines is 1. The molecule has 0 aliphatic carbocycles. The molecule has 0 aliphatic heterocycles. The van der Waals surface area contributed by atoms with Gasteiger partial charge in [0.1, 0.15) is 5.82 Å². The zero-order valence-electron chi connectivity index (χ0n) is 12.6. The third-order valence-electron chi connectivity index (χ3n) is 3.50. The van der Waals surface area contributed by atoms with Gasteiger partial charge in [0.05, 0.1) is 5.69 Å². The van der Waals surface area contributed by atoms with E-state index >= 15 is 0 Å². The molecule has 0 spiro atoms. The lowest BCUT2D eigenvalue weighted by molar-refractivity contribution is 0.570. The van der Waals surface area contributed by atoms with Crippen molar-refractivity contribution in [2.24, 2.45) is 11.7 Å². The molecular weight excluding hydrogens is 239 g/mol. The molecule has 1 atom stereocenters. The van der Waals surface area contributed by atoms with Gasteiger partial charge in [-0.15, -0.1) is 0 Å². The molecule has 0 aromatic heterocycles. The maximum atomic E-state index is 14.1. The molecule has 0 aliphatic rings. The zero-order valence-corrected chi connectivity index (χ0v) is 12.6. The second-order valence-electron chi connectivity index (χ2n) is 5.72. The number of hydrogen-bond donors (Lipinski definition) is 1. The summed E-state index contributed by atoms with van der Waals surface area (Å²) in [7, 11) is 1.96. The van der Waals surface area contributed by atoms with Gasteiger partial charge in [0.2, 0.25) is 0 Å². The maximum absolute atomic E-state index is 14.1. The third-order valence-corrected chi connectivity index (χ3v) is 3.50. The van der Waals surface area contributed by atoms with Gasteiger partial charge in [0.25, 0.3) is 0 Å². The largest absolute Gasteiger partial charge is 0.372 e. The van der Waals surface area contributed by atoms with Gasteiger partial charge >= 0.3 is 0 Å². The van der Waals surface area contributed by atoms with E-state index in [-0.39, 0.29) is 11.9 Å². The van der Waals surface area contributed by atoms with Gasteiger partial charge in [0.15, 0.2) is 0 Å².